The number of hydrogen-bond acceptors (Lipinski definition) is 3. The molecule has 0 amide bonds. The molecule has 1 aromatic carbocycles. The number of carboxylic acid groups (broad SMARTS) is 1. The van der Waals surface area contributed by atoms with Gasteiger partial charge in [-0.3, -0.25) is 14.7 Å². The lowest BCUT2D eigenvalue weighted by Gasteiger charge is -2.20. The summed E-state index contributed by atoms with van der Waals surface area (Å²) >= 11 is 3.38. The molecule has 1 aromatic heterocycles. The Labute approximate surface area is 132 Å². The molecule has 0 atom stereocenters. The molecular weight excluding hydrogens is 332 g/mol. The summed E-state index contributed by atoms with van der Waals surface area (Å²) in [6.45, 7) is 3.18. The highest BCUT2D eigenvalue weighted by Crippen LogP contribution is 2.14. The molecule has 2 aromatic rings. The first kappa shape index (κ1) is 15.7. The van der Waals surface area contributed by atoms with Crippen molar-refractivity contribution in [1.29, 1.82) is 0 Å². The van der Waals surface area contributed by atoms with E-state index in [9.17, 15) is 4.79 Å². The van der Waals surface area contributed by atoms with Crippen molar-refractivity contribution >= 4 is 21.9 Å². The number of aryl methyl sites for hydroxylation is 1. The summed E-state index contributed by atoms with van der Waals surface area (Å²) in [6, 6.07) is 10.1. The van der Waals surface area contributed by atoms with E-state index in [1.54, 1.807) is 12.4 Å². The minimum absolute atomic E-state index is 0.000452. The molecule has 21 heavy (non-hydrogen) atoms. The average molecular weight is 349 g/mol. The van der Waals surface area contributed by atoms with E-state index < -0.39 is 5.97 Å². The fourth-order valence-electron chi connectivity index (χ4n) is 2.23. The van der Waals surface area contributed by atoms with E-state index in [1.165, 1.54) is 5.56 Å². The summed E-state index contributed by atoms with van der Waals surface area (Å²) in [7, 11) is 0. The molecule has 0 saturated carbocycles. The largest absolute Gasteiger partial charge is 0.480 e. The van der Waals surface area contributed by atoms with Crippen molar-refractivity contribution in [3.63, 3.8) is 0 Å². The van der Waals surface area contributed by atoms with E-state index in [2.05, 4.69) is 27.0 Å². The third-order valence-electron chi connectivity index (χ3n) is 3.02. The Hall–Kier alpha value is -1.72. The smallest absolute Gasteiger partial charge is 0.317 e. The summed E-state index contributed by atoms with van der Waals surface area (Å²) in [5.74, 6) is -0.828. The summed E-state index contributed by atoms with van der Waals surface area (Å²) in [6.07, 6.45) is 3.47. The highest BCUT2D eigenvalue weighted by molar-refractivity contribution is 9.10. The number of carbonyl (C=O) groups is 1. The van der Waals surface area contributed by atoms with Crippen molar-refractivity contribution in [1.82, 2.24) is 9.88 Å². The van der Waals surface area contributed by atoms with Crippen LogP contribution in [0.2, 0.25) is 0 Å². The van der Waals surface area contributed by atoms with E-state index >= 15 is 0 Å². The molecule has 0 radical (unpaired) electrons. The lowest BCUT2D eigenvalue weighted by atomic mass is 10.1. The van der Waals surface area contributed by atoms with Crippen LogP contribution in [0.25, 0.3) is 0 Å². The van der Waals surface area contributed by atoms with E-state index in [0.717, 1.165) is 15.6 Å². The zero-order chi connectivity index (χ0) is 15.2. The molecule has 0 fully saturated rings. The van der Waals surface area contributed by atoms with Crippen LogP contribution in [0.15, 0.2) is 47.2 Å². The van der Waals surface area contributed by atoms with Crippen LogP contribution in [-0.4, -0.2) is 27.5 Å². The molecule has 2 rings (SSSR count). The van der Waals surface area contributed by atoms with Gasteiger partial charge in [0.05, 0.1) is 6.54 Å². The van der Waals surface area contributed by atoms with Gasteiger partial charge < -0.3 is 5.11 Å². The van der Waals surface area contributed by atoms with Gasteiger partial charge in [-0.1, -0.05) is 29.8 Å². The fraction of sp³-hybridized carbons (Fsp3) is 0.250. The first-order valence-corrected chi connectivity index (χ1v) is 7.41. The van der Waals surface area contributed by atoms with E-state index in [4.69, 9.17) is 5.11 Å². The van der Waals surface area contributed by atoms with Crippen LogP contribution >= 0.6 is 15.9 Å². The molecule has 0 aliphatic carbocycles. The van der Waals surface area contributed by atoms with Gasteiger partial charge in [0.15, 0.2) is 0 Å². The van der Waals surface area contributed by atoms with E-state index in [-0.39, 0.29) is 6.54 Å². The lowest BCUT2D eigenvalue weighted by Crippen LogP contribution is -2.29. The highest BCUT2D eigenvalue weighted by Gasteiger charge is 2.11. The number of halogens is 1. The van der Waals surface area contributed by atoms with Gasteiger partial charge in [0.25, 0.3) is 0 Å². The number of carboxylic acids is 1. The number of benzene rings is 1. The lowest BCUT2D eigenvalue weighted by molar-refractivity contribution is -0.138. The van der Waals surface area contributed by atoms with E-state index in [1.807, 2.05) is 36.1 Å². The summed E-state index contributed by atoms with van der Waals surface area (Å²) in [4.78, 5) is 17.1. The summed E-state index contributed by atoms with van der Waals surface area (Å²) in [5.41, 5.74) is 3.27. The number of aliphatic carboxylic acids is 1. The van der Waals surface area contributed by atoms with E-state index in [0.29, 0.717) is 13.1 Å². The van der Waals surface area contributed by atoms with Crippen molar-refractivity contribution in [3.8, 4) is 0 Å². The number of hydrogen-bond donors (Lipinski definition) is 1. The van der Waals surface area contributed by atoms with Crippen molar-refractivity contribution in [3.05, 3.63) is 63.9 Å². The van der Waals surface area contributed by atoms with Gasteiger partial charge in [0.1, 0.15) is 0 Å². The van der Waals surface area contributed by atoms with Gasteiger partial charge in [0.2, 0.25) is 0 Å². The van der Waals surface area contributed by atoms with Crippen LogP contribution in [0.5, 0.6) is 0 Å². The van der Waals surface area contributed by atoms with Crippen molar-refractivity contribution in [2.75, 3.05) is 6.54 Å². The molecule has 0 aliphatic rings. The molecule has 0 saturated heterocycles. The molecule has 4 nitrogen and oxygen atoms in total. The molecule has 0 spiro atoms. The normalized spacial score (nSPS) is 10.8. The molecule has 0 aliphatic heterocycles. The summed E-state index contributed by atoms with van der Waals surface area (Å²) < 4.78 is 0.894. The molecule has 0 bridgehead atoms. The van der Waals surface area contributed by atoms with Crippen LogP contribution in [0, 0.1) is 6.92 Å². The second-order valence-corrected chi connectivity index (χ2v) is 5.96. The second-order valence-electron chi connectivity index (χ2n) is 5.04. The SMILES string of the molecule is Cc1cccc(CN(CC(=O)O)Cc2cncc(Br)c2)c1. The average Bonchev–Trinajstić information content (AvgIpc) is 2.37. The van der Waals surface area contributed by atoms with Gasteiger partial charge >= 0.3 is 5.97 Å². The Morgan fingerprint density at radius 1 is 1.24 bits per heavy atom. The molecule has 1 N–H and O–H groups in total. The van der Waals surface area contributed by atoms with Gasteiger partial charge in [-0.2, -0.15) is 0 Å². The minimum atomic E-state index is -0.828. The number of pyridine rings is 1. The number of rotatable bonds is 6. The molecule has 0 unspecified atom stereocenters. The Kier molecular flexibility index (Phi) is 5.47. The minimum Gasteiger partial charge on any atom is -0.480 e. The van der Waals surface area contributed by atoms with Crippen LogP contribution in [0.4, 0.5) is 0 Å². The third kappa shape index (κ3) is 5.28. The second kappa shape index (κ2) is 7.33. The first-order valence-electron chi connectivity index (χ1n) is 6.62. The summed E-state index contributed by atoms with van der Waals surface area (Å²) in [5, 5.41) is 9.08. The van der Waals surface area contributed by atoms with Crippen LogP contribution in [0.1, 0.15) is 16.7 Å². The Morgan fingerprint density at radius 3 is 2.67 bits per heavy atom. The van der Waals surface area contributed by atoms with Crippen molar-refractivity contribution < 1.29 is 9.90 Å². The van der Waals surface area contributed by atoms with Gasteiger partial charge in [-0.05, 0) is 40.0 Å². The molecular formula is C16H17BrN2O2. The molecule has 5 heteroatoms. The zero-order valence-corrected chi connectivity index (χ0v) is 13.4. The Balaban J connectivity index is 2.12. The van der Waals surface area contributed by atoms with Crippen molar-refractivity contribution in [2.24, 2.45) is 0 Å². The van der Waals surface area contributed by atoms with Gasteiger partial charge in [-0.25, -0.2) is 0 Å². The molecule has 1 heterocycles. The zero-order valence-electron chi connectivity index (χ0n) is 11.8. The van der Waals surface area contributed by atoms with Gasteiger partial charge in [0, 0.05) is 30.0 Å². The quantitative estimate of drug-likeness (QED) is 0.870. The maximum atomic E-state index is 11.1. The topological polar surface area (TPSA) is 53.4 Å². The Bertz CT molecular complexity index is 584. The number of nitrogens with zero attached hydrogens (tertiary/aromatic N) is 2. The van der Waals surface area contributed by atoms with Crippen LogP contribution in [0.3, 0.4) is 0 Å². The maximum Gasteiger partial charge on any atom is 0.317 e. The standard InChI is InChI=1S/C16H17BrN2O2/c1-12-3-2-4-13(5-12)9-19(11-16(20)21)10-14-6-15(17)8-18-7-14/h2-8H,9-11H2,1H3,(H,20,21). The highest BCUT2D eigenvalue weighted by atomic mass is 79.9. The molecule has 110 valence electrons. The van der Waals surface area contributed by atoms with Crippen molar-refractivity contribution in [2.45, 2.75) is 20.0 Å². The monoisotopic (exact) mass is 348 g/mol. The van der Waals surface area contributed by atoms with Crippen LogP contribution in [-0.2, 0) is 17.9 Å². The maximum absolute atomic E-state index is 11.1. The third-order valence-corrected chi connectivity index (χ3v) is 3.45. The Morgan fingerprint density at radius 2 is 2.00 bits per heavy atom. The van der Waals surface area contributed by atoms with Crippen LogP contribution < -0.4 is 0 Å². The number of aromatic nitrogens is 1. The fourth-order valence-corrected chi connectivity index (χ4v) is 2.64. The predicted octanol–water partition coefficient (Wildman–Crippen LogP) is 3.24. The predicted molar refractivity (Wildman–Crippen MR) is 84.9 cm³/mol. The first-order chi connectivity index (χ1) is 10.0. The van der Waals surface area contributed by atoms with Gasteiger partial charge in [-0.15, -0.1) is 0 Å².